The second-order valence-corrected chi connectivity index (χ2v) is 9.85. The lowest BCUT2D eigenvalue weighted by atomic mass is 9.70. The van der Waals surface area contributed by atoms with Crippen molar-refractivity contribution in [1.29, 1.82) is 0 Å². The number of carbonyl (C=O) groups excluding carboxylic acids is 1. The maximum absolute atomic E-state index is 14.5. The maximum atomic E-state index is 14.5. The van der Waals surface area contributed by atoms with Gasteiger partial charge in [0.25, 0.3) is 0 Å². The predicted molar refractivity (Wildman–Crippen MR) is 140 cm³/mol. The fourth-order valence-electron chi connectivity index (χ4n) is 4.66. The molecule has 0 atom stereocenters. The Morgan fingerprint density at radius 2 is 1.14 bits per heavy atom. The number of phenols is 2. The Morgan fingerprint density at radius 1 is 0.686 bits per heavy atom. The molecule has 1 heterocycles. The maximum Gasteiger partial charge on any atom is 0.247 e. The van der Waals surface area contributed by atoms with Crippen molar-refractivity contribution in [3.63, 3.8) is 0 Å². The Morgan fingerprint density at radius 3 is 1.66 bits per heavy atom. The van der Waals surface area contributed by atoms with Gasteiger partial charge < -0.3 is 15.1 Å². The molecule has 2 N–H and O–H groups in total. The van der Waals surface area contributed by atoms with Crippen molar-refractivity contribution in [3.05, 3.63) is 121 Å². The van der Waals surface area contributed by atoms with Gasteiger partial charge in [-0.05, 0) is 47.0 Å². The van der Waals surface area contributed by atoms with Crippen molar-refractivity contribution in [2.24, 2.45) is 0 Å². The van der Waals surface area contributed by atoms with Crippen LogP contribution in [-0.4, -0.2) is 16.1 Å². The van der Waals surface area contributed by atoms with Gasteiger partial charge in [0, 0.05) is 11.3 Å². The van der Waals surface area contributed by atoms with Gasteiger partial charge in [0.2, 0.25) is 5.91 Å². The second-order valence-electron chi connectivity index (χ2n) is 8.22. The summed E-state index contributed by atoms with van der Waals surface area (Å²) in [6.45, 7) is 0.317. The molecular formula is C27H17Cl4NO3. The largest absolute Gasteiger partial charge is 0.505 e. The predicted octanol–water partition coefficient (Wildman–Crippen LogP) is 7.59. The molecule has 0 bridgehead atoms. The van der Waals surface area contributed by atoms with Gasteiger partial charge in [-0.1, -0.05) is 94.9 Å². The fraction of sp³-hybridized carbons (Fsp3) is 0.0741. The number of rotatable bonds is 4. The van der Waals surface area contributed by atoms with E-state index in [1.807, 2.05) is 54.6 Å². The first-order valence-corrected chi connectivity index (χ1v) is 12.1. The van der Waals surface area contributed by atoms with E-state index in [4.69, 9.17) is 46.4 Å². The summed E-state index contributed by atoms with van der Waals surface area (Å²) in [5, 5.41) is 20.4. The minimum absolute atomic E-state index is 0.00497. The van der Waals surface area contributed by atoms with E-state index >= 15 is 0 Å². The lowest BCUT2D eigenvalue weighted by Crippen LogP contribution is -2.42. The molecule has 4 nitrogen and oxygen atoms in total. The van der Waals surface area contributed by atoms with Crippen molar-refractivity contribution in [2.45, 2.75) is 12.0 Å². The van der Waals surface area contributed by atoms with Gasteiger partial charge in [-0.25, -0.2) is 0 Å². The first-order valence-electron chi connectivity index (χ1n) is 10.6. The molecule has 8 heteroatoms. The van der Waals surface area contributed by atoms with Crippen LogP contribution >= 0.6 is 46.4 Å². The first kappa shape index (κ1) is 23.8. The minimum Gasteiger partial charge on any atom is -0.505 e. The summed E-state index contributed by atoms with van der Waals surface area (Å²) in [5.41, 5.74) is 1.70. The highest BCUT2D eigenvalue weighted by Gasteiger charge is 2.54. The van der Waals surface area contributed by atoms with E-state index in [0.29, 0.717) is 28.9 Å². The molecule has 0 aliphatic carbocycles. The van der Waals surface area contributed by atoms with Crippen LogP contribution in [0.25, 0.3) is 0 Å². The molecule has 0 saturated heterocycles. The number of halogens is 4. The van der Waals surface area contributed by atoms with Gasteiger partial charge in [-0.3, -0.25) is 4.79 Å². The SMILES string of the molecule is O=C1N(Cc2ccccc2)c2ccccc2C1(c1cc(Cl)c(O)c(Cl)c1)c1cc(Cl)c(O)c(Cl)c1. The van der Waals surface area contributed by atoms with E-state index in [-0.39, 0.29) is 37.5 Å². The molecule has 0 radical (unpaired) electrons. The summed E-state index contributed by atoms with van der Waals surface area (Å²) in [4.78, 5) is 16.2. The van der Waals surface area contributed by atoms with E-state index < -0.39 is 5.41 Å². The fourth-order valence-corrected chi connectivity index (χ4v) is 5.64. The third-order valence-electron chi connectivity index (χ3n) is 6.25. The molecule has 0 spiro atoms. The minimum atomic E-state index is -1.45. The summed E-state index contributed by atoms with van der Waals surface area (Å²) in [6, 6.07) is 23.1. The lowest BCUT2D eigenvalue weighted by Gasteiger charge is -2.31. The Bertz CT molecular complexity index is 1370. The molecule has 0 fully saturated rings. The molecule has 1 aliphatic heterocycles. The topological polar surface area (TPSA) is 60.8 Å². The number of para-hydroxylation sites is 1. The van der Waals surface area contributed by atoms with Crippen LogP contribution in [-0.2, 0) is 16.8 Å². The van der Waals surface area contributed by atoms with Gasteiger partial charge in [-0.15, -0.1) is 0 Å². The number of anilines is 1. The number of amides is 1. The van der Waals surface area contributed by atoms with Crippen LogP contribution in [0, 0.1) is 0 Å². The van der Waals surface area contributed by atoms with Crippen molar-refractivity contribution in [1.82, 2.24) is 0 Å². The van der Waals surface area contributed by atoms with Crippen LogP contribution in [0.1, 0.15) is 22.3 Å². The number of nitrogens with zero attached hydrogens (tertiary/aromatic N) is 1. The van der Waals surface area contributed by atoms with Gasteiger partial charge >= 0.3 is 0 Å². The van der Waals surface area contributed by atoms with Crippen LogP contribution in [0.5, 0.6) is 11.5 Å². The molecule has 4 aromatic carbocycles. The summed E-state index contributed by atoms with van der Waals surface area (Å²) in [6.07, 6.45) is 0. The number of hydrogen-bond donors (Lipinski definition) is 2. The molecule has 5 rings (SSSR count). The number of aromatic hydroxyl groups is 2. The molecular weight excluding hydrogens is 528 g/mol. The van der Waals surface area contributed by atoms with Crippen LogP contribution in [0.4, 0.5) is 5.69 Å². The number of phenolic OH excluding ortho intramolecular Hbond substituents is 2. The summed E-state index contributed by atoms with van der Waals surface area (Å²) in [5.74, 6) is -0.846. The van der Waals surface area contributed by atoms with Crippen LogP contribution in [0.3, 0.4) is 0 Å². The van der Waals surface area contributed by atoms with E-state index in [0.717, 1.165) is 5.56 Å². The lowest BCUT2D eigenvalue weighted by molar-refractivity contribution is -0.120. The standard InChI is InChI=1S/C27H17Cl4NO3/c28-19-10-16(11-20(29)24(19)33)27(17-12-21(30)25(34)22(31)13-17)18-8-4-5-9-23(18)32(26(27)35)14-15-6-2-1-3-7-15/h1-13,33-34H,14H2. The molecule has 4 aromatic rings. The zero-order valence-electron chi connectivity index (χ0n) is 18.0. The Labute approximate surface area is 221 Å². The molecule has 1 aliphatic rings. The normalized spacial score (nSPS) is 14.3. The second kappa shape index (κ2) is 8.96. The molecule has 1 amide bonds. The zero-order chi connectivity index (χ0) is 24.9. The molecule has 35 heavy (non-hydrogen) atoms. The van der Waals surface area contributed by atoms with E-state index in [2.05, 4.69) is 0 Å². The highest BCUT2D eigenvalue weighted by atomic mass is 35.5. The van der Waals surface area contributed by atoms with Crippen LogP contribution < -0.4 is 4.90 Å². The summed E-state index contributed by atoms with van der Waals surface area (Å²) >= 11 is 25.3. The first-order chi connectivity index (χ1) is 16.7. The molecule has 0 aromatic heterocycles. The van der Waals surface area contributed by atoms with E-state index in [1.165, 1.54) is 24.3 Å². The summed E-state index contributed by atoms with van der Waals surface area (Å²) < 4.78 is 0. The van der Waals surface area contributed by atoms with Crippen molar-refractivity contribution < 1.29 is 15.0 Å². The van der Waals surface area contributed by atoms with Gasteiger partial charge in [0.1, 0.15) is 5.41 Å². The van der Waals surface area contributed by atoms with Gasteiger partial charge in [-0.2, -0.15) is 0 Å². The number of benzene rings is 4. The zero-order valence-corrected chi connectivity index (χ0v) is 21.0. The van der Waals surface area contributed by atoms with Crippen molar-refractivity contribution in [2.75, 3.05) is 4.90 Å². The Kier molecular flexibility index (Phi) is 6.10. The highest BCUT2D eigenvalue weighted by molar-refractivity contribution is 6.38. The highest BCUT2D eigenvalue weighted by Crippen LogP contribution is 2.54. The third kappa shape index (κ3) is 3.73. The van der Waals surface area contributed by atoms with Crippen molar-refractivity contribution >= 4 is 58.0 Å². The van der Waals surface area contributed by atoms with Gasteiger partial charge in [0.15, 0.2) is 11.5 Å². The Balaban J connectivity index is 1.85. The smallest absolute Gasteiger partial charge is 0.247 e. The average molecular weight is 545 g/mol. The van der Waals surface area contributed by atoms with Crippen LogP contribution in [0.2, 0.25) is 20.1 Å². The van der Waals surface area contributed by atoms with Crippen LogP contribution in [0.15, 0.2) is 78.9 Å². The molecule has 0 saturated carbocycles. The van der Waals surface area contributed by atoms with E-state index in [9.17, 15) is 15.0 Å². The number of carbonyl (C=O) groups is 1. The molecule has 176 valence electrons. The summed E-state index contributed by atoms with van der Waals surface area (Å²) in [7, 11) is 0. The Hall–Kier alpha value is -2.89. The quantitative estimate of drug-likeness (QED) is 0.278. The van der Waals surface area contributed by atoms with Crippen molar-refractivity contribution in [3.8, 4) is 11.5 Å². The number of fused-ring (bicyclic) bond motifs is 1. The molecule has 0 unspecified atom stereocenters. The van der Waals surface area contributed by atoms with E-state index in [1.54, 1.807) is 4.90 Å². The third-order valence-corrected chi connectivity index (χ3v) is 7.40. The average Bonchev–Trinajstić information content (AvgIpc) is 3.09. The van der Waals surface area contributed by atoms with Gasteiger partial charge in [0.05, 0.1) is 26.6 Å². The monoisotopic (exact) mass is 543 g/mol. The number of hydrogen-bond acceptors (Lipinski definition) is 3.